The zero-order valence-electron chi connectivity index (χ0n) is 10.3. The Labute approximate surface area is 96.7 Å². The lowest BCUT2D eigenvalue weighted by Gasteiger charge is -2.05. The van der Waals surface area contributed by atoms with Gasteiger partial charge in [-0.15, -0.1) is 0 Å². The van der Waals surface area contributed by atoms with E-state index in [9.17, 15) is 9.59 Å². The van der Waals surface area contributed by atoms with Gasteiger partial charge in [-0.05, 0) is 31.0 Å². The van der Waals surface area contributed by atoms with E-state index in [-0.39, 0.29) is 23.9 Å². The van der Waals surface area contributed by atoms with Crippen molar-refractivity contribution >= 4 is 11.6 Å². The molecule has 0 radical (unpaired) electrons. The predicted molar refractivity (Wildman–Crippen MR) is 64.7 cm³/mol. The van der Waals surface area contributed by atoms with Crippen LogP contribution in [0.25, 0.3) is 0 Å². The molecule has 0 aromatic heterocycles. The van der Waals surface area contributed by atoms with Crippen LogP contribution in [-0.2, 0) is 4.79 Å². The van der Waals surface area contributed by atoms with Crippen molar-refractivity contribution in [2.24, 2.45) is 5.92 Å². The molecule has 16 heavy (non-hydrogen) atoms. The van der Waals surface area contributed by atoms with Crippen LogP contribution in [0.3, 0.4) is 0 Å². The minimum atomic E-state index is -0.0817. The average molecular weight is 218 g/mol. The Morgan fingerprint density at radius 3 is 2.25 bits per heavy atom. The largest absolute Gasteiger partial charge is 0.299 e. The van der Waals surface area contributed by atoms with E-state index in [1.54, 1.807) is 6.07 Å². The lowest BCUT2D eigenvalue weighted by atomic mass is 9.97. The number of hydrogen-bond acceptors (Lipinski definition) is 2. The van der Waals surface area contributed by atoms with Crippen molar-refractivity contribution in [1.29, 1.82) is 0 Å². The van der Waals surface area contributed by atoms with Gasteiger partial charge in [0.05, 0.1) is 6.42 Å². The maximum atomic E-state index is 11.8. The Balaban J connectivity index is 2.81. The molecule has 0 aliphatic heterocycles. The molecule has 86 valence electrons. The van der Waals surface area contributed by atoms with Gasteiger partial charge < -0.3 is 0 Å². The summed E-state index contributed by atoms with van der Waals surface area (Å²) in [5.74, 6) is -0.152. The molecule has 1 aromatic carbocycles. The van der Waals surface area contributed by atoms with Crippen LogP contribution in [0.4, 0.5) is 0 Å². The summed E-state index contributed by atoms with van der Waals surface area (Å²) in [6.07, 6.45) is 0.0141. The highest BCUT2D eigenvalue weighted by Crippen LogP contribution is 2.12. The molecule has 2 heteroatoms. The van der Waals surface area contributed by atoms with Crippen molar-refractivity contribution in [2.75, 3.05) is 0 Å². The van der Waals surface area contributed by atoms with Crippen LogP contribution in [0.1, 0.15) is 41.8 Å². The van der Waals surface area contributed by atoms with Crippen LogP contribution in [0.5, 0.6) is 0 Å². The zero-order chi connectivity index (χ0) is 12.3. The van der Waals surface area contributed by atoms with Crippen LogP contribution in [0.15, 0.2) is 18.2 Å². The van der Waals surface area contributed by atoms with E-state index in [2.05, 4.69) is 0 Å². The summed E-state index contributed by atoms with van der Waals surface area (Å²) in [7, 11) is 0. The van der Waals surface area contributed by atoms with Gasteiger partial charge in [0.2, 0.25) is 0 Å². The van der Waals surface area contributed by atoms with Crippen molar-refractivity contribution in [3.63, 3.8) is 0 Å². The first-order valence-electron chi connectivity index (χ1n) is 5.55. The molecule has 0 N–H and O–H groups in total. The fourth-order valence-electron chi connectivity index (χ4n) is 1.38. The molecule has 0 aliphatic rings. The minimum Gasteiger partial charge on any atom is -0.299 e. The molecule has 0 spiro atoms. The van der Waals surface area contributed by atoms with Gasteiger partial charge in [-0.1, -0.05) is 26.0 Å². The molecule has 0 bridgehead atoms. The number of ketones is 2. The molecule has 0 amide bonds. The van der Waals surface area contributed by atoms with Crippen LogP contribution in [0.2, 0.25) is 0 Å². The van der Waals surface area contributed by atoms with E-state index in [0.717, 1.165) is 11.1 Å². The van der Waals surface area contributed by atoms with Gasteiger partial charge in [-0.25, -0.2) is 0 Å². The Bertz CT molecular complexity index is 417. The number of carbonyl (C=O) groups excluding carboxylic acids is 2. The van der Waals surface area contributed by atoms with Crippen LogP contribution >= 0.6 is 0 Å². The molecule has 1 rings (SSSR count). The smallest absolute Gasteiger partial charge is 0.170 e. The normalized spacial score (nSPS) is 10.6. The summed E-state index contributed by atoms with van der Waals surface area (Å²) in [5, 5.41) is 0. The molecule has 0 aliphatic carbocycles. The molecule has 0 saturated carbocycles. The van der Waals surface area contributed by atoms with Crippen molar-refractivity contribution in [1.82, 2.24) is 0 Å². The van der Waals surface area contributed by atoms with Gasteiger partial charge in [-0.2, -0.15) is 0 Å². The van der Waals surface area contributed by atoms with E-state index in [1.165, 1.54) is 0 Å². The van der Waals surface area contributed by atoms with Crippen LogP contribution < -0.4 is 0 Å². The molecule has 0 saturated heterocycles. The fourth-order valence-corrected chi connectivity index (χ4v) is 1.38. The Morgan fingerprint density at radius 1 is 1.12 bits per heavy atom. The van der Waals surface area contributed by atoms with Crippen LogP contribution in [0, 0.1) is 19.8 Å². The molecule has 0 unspecified atom stereocenters. The summed E-state index contributed by atoms with van der Waals surface area (Å²) < 4.78 is 0. The van der Waals surface area contributed by atoms with Gasteiger partial charge in [0, 0.05) is 11.5 Å². The van der Waals surface area contributed by atoms with Crippen molar-refractivity contribution in [2.45, 2.75) is 34.1 Å². The third kappa shape index (κ3) is 3.02. The monoisotopic (exact) mass is 218 g/mol. The van der Waals surface area contributed by atoms with Gasteiger partial charge in [0.15, 0.2) is 5.78 Å². The van der Waals surface area contributed by atoms with Crippen LogP contribution in [-0.4, -0.2) is 11.6 Å². The van der Waals surface area contributed by atoms with E-state index in [1.807, 2.05) is 39.8 Å². The summed E-state index contributed by atoms with van der Waals surface area (Å²) >= 11 is 0. The number of carbonyl (C=O) groups is 2. The predicted octanol–water partition coefficient (Wildman–Crippen LogP) is 3.10. The van der Waals surface area contributed by atoms with Gasteiger partial charge in [-0.3, -0.25) is 9.59 Å². The third-order valence-corrected chi connectivity index (χ3v) is 2.81. The lowest BCUT2D eigenvalue weighted by molar-refractivity contribution is -0.121. The molecule has 0 atom stereocenters. The Kier molecular flexibility index (Phi) is 3.99. The topological polar surface area (TPSA) is 34.1 Å². The summed E-state index contributed by atoms with van der Waals surface area (Å²) in [4.78, 5) is 23.3. The van der Waals surface area contributed by atoms with Gasteiger partial charge in [0.1, 0.15) is 5.78 Å². The first-order valence-corrected chi connectivity index (χ1v) is 5.55. The Morgan fingerprint density at radius 2 is 1.75 bits per heavy atom. The molecule has 2 nitrogen and oxygen atoms in total. The van der Waals surface area contributed by atoms with Crippen molar-refractivity contribution < 1.29 is 9.59 Å². The number of aryl methyl sites for hydroxylation is 2. The highest BCUT2D eigenvalue weighted by Gasteiger charge is 2.14. The van der Waals surface area contributed by atoms with E-state index in [4.69, 9.17) is 0 Å². The highest BCUT2D eigenvalue weighted by molar-refractivity contribution is 6.08. The summed E-state index contributed by atoms with van der Waals surface area (Å²) in [6.45, 7) is 7.60. The molecule has 0 fully saturated rings. The van der Waals surface area contributed by atoms with E-state index in [0.29, 0.717) is 5.56 Å². The standard InChI is InChI=1S/C14H18O2/c1-9(2)13(15)8-14(16)12-6-5-10(3)11(4)7-12/h5-7,9H,8H2,1-4H3. The SMILES string of the molecule is Cc1ccc(C(=O)CC(=O)C(C)C)cc1C. The summed E-state index contributed by atoms with van der Waals surface area (Å²) in [5.41, 5.74) is 2.88. The number of hydrogen-bond donors (Lipinski definition) is 0. The second kappa shape index (κ2) is 5.06. The van der Waals surface area contributed by atoms with E-state index < -0.39 is 0 Å². The first kappa shape index (κ1) is 12.6. The highest BCUT2D eigenvalue weighted by atomic mass is 16.1. The number of rotatable bonds is 4. The Hall–Kier alpha value is -1.44. The molecular weight excluding hydrogens is 200 g/mol. The van der Waals surface area contributed by atoms with Crippen molar-refractivity contribution in [3.05, 3.63) is 34.9 Å². The number of benzene rings is 1. The second-order valence-electron chi connectivity index (χ2n) is 4.52. The maximum absolute atomic E-state index is 11.8. The quantitative estimate of drug-likeness (QED) is 0.575. The first-order chi connectivity index (χ1) is 7.41. The second-order valence-corrected chi connectivity index (χ2v) is 4.52. The van der Waals surface area contributed by atoms with Gasteiger partial charge in [0.25, 0.3) is 0 Å². The lowest BCUT2D eigenvalue weighted by Crippen LogP contribution is -2.13. The molecular formula is C14H18O2. The third-order valence-electron chi connectivity index (χ3n) is 2.81. The maximum Gasteiger partial charge on any atom is 0.170 e. The number of Topliss-reactive ketones (excluding diaryl/α,β-unsaturated/α-hetero) is 2. The minimum absolute atomic E-state index is 0.00299. The van der Waals surface area contributed by atoms with E-state index >= 15 is 0 Å². The summed E-state index contributed by atoms with van der Waals surface area (Å²) in [6, 6.07) is 5.56. The van der Waals surface area contributed by atoms with Crippen molar-refractivity contribution in [3.8, 4) is 0 Å². The fraction of sp³-hybridized carbons (Fsp3) is 0.429. The van der Waals surface area contributed by atoms with Gasteiger partial charge >= 0.3 is 0 Å². The average Bonchev–Trinajstić information content (AvgIpc) is 2.21. The molecule has 1 aromatic rings. The zero-order valence-corrected chi connectivity index (χ0v) is 10.3. The molecule has 0 heterocycles.